The normalized spacial score (nSPS) is 12.2. The molecule has 0 bridgehead atoms. The molecule has 0 saturated carbocycles. The van der Waals surface area contributed by atoms with Crippen LogP contribution in [0.15, 0.2) is 17.5 Å². The third-order valence-corrected chi connectivity index (χ3v) is 3.90. The number of carbonyl (C=O) groups excluding carboxylic acids is 1. The number of carbonyl (C=O) groups is 1. The molecule has 2 aromatic heterocycles. The summed E-state index contributed by atoms with van der Waals surface area (Å²) in [7, 11) is 1.63. The van der Waals surface area contributed by atoms with Crippen molar-refractivity contribution in [3.63, 3.8) is 0 Å². The van der Waals surface area contributed by atoms with Crippen LogP contribution in [-0.2, 0) is 11.2 Å². The largest absolute Gasteiger partial charge is 0.488 e. The van der Waals surface area contributed by atoms with Crippen molar-refractivity contribution in [2.24, 2.45) is 0 Å². The van der Waals surface area contributed by atoms with Crippen LogP contribution in [0.3, 0.4) is 0 Å². The Hall–Kier alpha value is -1.79. The molecule has 1 atom stereocenters. The van der Waals surface area contributed by atoms with Gasteiger partial charge in [0, 0.05) is 36.0 Å². The van der Waals surface area contributed by atoms with Gasteiger partial charge in [-0.15, -0.1) is 11.3 Å². The SMILES string of the molecule is COC[C@@H](C)Oc1cc(C)nc(C(=O)Cc2nc(C)cs2)c1. The summed E-state index contributed by atoms with van der Waals surface area (Å²) < 4.78 is 10.8. The molecule has 0 saturated heterocycles. The van der Waals surface area contributed by atoms with E-state index in [1.54, 1.807) is 13.2 Å². The summed E-state index contributed by atoms with van der Waals surface area (Å²) in [6.45, 7) is 6.17. The Balaban J connectivity index is 2.12. The van der Waals surface area contributed by atoms with Crippen LogP contribution in [0, 0.1) is 13.8 Å². The fourth-order valence-corrected chi connectivity index (χ4v) is 2.83. The van der Waals surface area contributed by atoms with Crippen LogP contribution in [0.2, 0.25) is 0 Å². The van der Waals surface area contributed by atoms with Crippen molar-refractivity contribution in [2.45, 2.75) is 33.3 Å². The maximum absolute atomic E-state index is 12.4. The molecule has 0 aliphatic carbocycles. The Morgan fingerprint density at radius 1 is 1.27 bits per heavy atom. The van der Waals surface area contributed by atoms with Crippen molar-refractivity contribution >= 4 is 17.1 Å². The highest BCUT2D eigenvalue weighted by Crippen LogP contribution is 2.18. The van der Waals surface area contributed by atoms with Gasteiger partial charge in [0.05, 0.1) is 13.0 Å². The van der Waals surface area contributed by atoms with Crippen molar-refractivity contribution in [3.05, 3.63) is 39.6 Å². The molecule has 2 rings (SSSR count). The zero-order chi connectivity index (χ0) is 16.1. The summed E-state index contributed by atoms with van der Waals surface area (Å²) in [5.41, 5.74) is 2.09. The third kappa shape index (κ3) is 4.61. The van der Waals surface area contributed by atoms with E-state index in [0.29, 0.717) is 18.1 Å². The lowest BCUT2D eigenvalue weighted by Crippen LogP contribution is -2.18. The molecular weight excluding hydrogens is 300 g/mol. The van der Waals surface area contributed by atoms with Gasteiger partial charge in [0.25, 0.3) is 0 Å². The molecule has 0 radical (unpaired) electrons. The molecule has 2 aromatic rings. The molecule has 118 valence electrons. The minimum absolute atomic E-state index is 0.0534. The third-order valence-electron chi connectivity index (χ3n) is 2.93. The van der Waals surface area contributed by atoms with Gasteiger partial charge in [0.2, 0.25) is 0 Å². The van der Waals surface area contributed by atoms with E-state index in [-0.39, 0.29) is 18.3 Å². The zero-order valence-corrected chi connectivity index (χ0v) is 14.1. The lowest BCUT2D eigenvalue weighted by Gasteiger charge is -2.14. The molecule has 5 nitrogen and oxygen atoms in total. The Kier molecular flexibility index (Phi) is 5.63. The number of nitrogens with zero attached hydrogens (tertiary/aromatic N) is 2. The van der Waals surface area contributed by atoms with Crippen LogP contribution < -0.4 is 4.74 Å². The molecule has 0 aromatic carbocycles. The monoisotopic (exact) mass is 320 g/mol. The quantitative estimate of drug-likeness (QED) is 0.734. The number of hydrogen-bond acceptors (Lipinski definition) is 6. The van der Waals surface area contributed by atoms with Crippen LogP contribution in [0.4, 0.5) is 0 Å². The smallest absolute Gasteiger partial charge is 0.188 e. The highest BCUT2D eigenvalue weighted by Gasteiger charge is 2.14. The summed E-state index contributed by atoms with van der Waals surface area (Å²) in [5.74, 6) is 0.581. The Morgan fingerprint density at radius 2 is 2.05 bits per heavy atom. The van der Waals surface area contributed by atoms with E-state index in [1.807, 2.05) is 32.2 Å². The summed E-state index contributed by atoms with van der Waals surface area (Å²) in [6, 6.07) is 3.50. The first kappa shape index (κ1) is 16.6. The number of Topliss-reactive ketones (excluding diaryl/α,β-unsaturated/α-hetero) is 1. The standard InChI is InChI=1S/C16H20N2O3S/c1-10-5-13(21-12(3)8-20-4)6-14(17-10)15(19)7-16-18-11(2)9-22-16/h5-6,9,12H,7-8H2,1-4H3/t12-/m1/s1. The molecule has 0 amide bonds. The fraction of sp³-hybridized carbons (Fsp3) is 0.438. The summed E-state index contributed by atoms with van der Waals surface area (Å²) in [5, 5.41) is 2.74. The maximum atomic E-state index is 12.4. The second-order valence-electron chi connectivity index (χ2n) is 5.20. The first-order valence-corrected chi connectivity index (χ1v) is 7.94. The van der Waals surface area contributed by atoms with Crippen molar-refractivity contribution in [2.75, 3.05) is 13.7 Å². The topological polar surface area (TPSA) is 61.3 Å². The van der Waals surface area contributed by atoms with Gasteiger partial charge >= 0.3 is 0 Å². The molecule has 22 heavy (non-hydrogen) atoms. The molecule has 0 spiro atoms. The molecule has 0 fully saturated rings. The number of hydrogen-bond donors (Lipinski definition) is 0. The summed E-state index contributed by atoms with van der Waals surface area (Å²) in [4.78, 5) is 21.0. The minimum Gasteiger partial charge on any atom is -0.488 e. The lowest BCUT2D eigenvalue weighted by atomic mass is 10.2. The van der Waals surface area contributed by atoms with Crippen molar-refractivity contribution < 1.29 is 14.3 Å². The maximum Gasteiger partial charge on any atom is 0.188 e. The molecule has 0 N–H and O–H groups in total. The van der Waals surface area contributed by atoms with Crippen molar-refractivity contribution in [1.29, 1.82) is 0 Å². The van der Waals surface area contributed by atoms with Gasteiger partial charge in [-0.3, -0.25) is 4.79 Å². The Morgan fingerprint density at radius 3 is 2.68 bits per heavy atom. The summed E-state index contributed by atoms with van der Waals surface area (Å²) >= 11 is 1.49. The van der Waals surface area contributed by atoms with Crippen LogP contribution in [0.5, 0.6) is 5.75 Å². The van der Waals surface area contributed by atoms with E-state index in [4.69, 9.17) is 9.47 Å². The average molecular weight is 320 g/mol. The van der Waals surface area contributed by atoms with E-state index in [9.17, 15) is 4.79 Å². The molecule has 6 heteroatoms. The lowest BCUT2D eigenvalue weighted by molar-refractivity contribution is 0.0913. The number of methoxy groups -OCH3 is 1. The predicted molar refractivity (Wildman–Crippen MR) is 85.8 cm³/mol. The zero-order valence-electron chi connectivity index (χ0n) is 13.3. The molecule has 0 aliphatic heterocycles. The minimum atomic E-state index is -0.0867. The molecule has 0 aliphatic rings. The number of ketones is 1. The highest BCUT2D eigenvalue weighted by molar-refractivity contribution is 7.09. The fourth-order valence-electron chi connectivity index (χ4n) is 2.06. The van der Waals surface area contributed by atoms with E-state index in [2.05, 4.69) is 9.97 Å². The number of pyridine rings is 1. The van der Waals surface area contributed by atoms with Gasteiger partial charge in [-0.05, 0) is 20.8 Å². The first-order chi connectivity index (χ1) is 10.5. The number of rotatable bonds is 7. The Labute approximate surface area is 134 Å². The van der Waals surface area contributed by atoms with Gasteiger partial charge in [-0.1, -0.05) is 0 Å². The van der Waals surface area contributed by atoms with E-state index in [0.717, 1.165) is 16.4 Å². The van der Waals surface area contributed by atoms with Crippen LogP contribution in [0.1, 0.15) is 33.8 Å². The number of aromatic nitrogens is 2. The van der Waals surface area contributed by atoms with E-state index < -0.39 is 0 Å². The number of thiazole rings is 1. The van der Waals surface area contributed by atoms with Crippen LogP contribution in [-0.4, -0.2) is 35.6 Å². The second kappa shape index (κ2) is 7.47. The first-order valence-electron chi connectivity index (χ1n) is 7.06. The second-order valence-corrected chi connectivity index (χ2v) is 6.14. The van der Waals surface area contributed by atoms with Crippen molar-refractivity contribution in [3.8, 4) is 5.75 Å². The van der Waals surface area contributed by atoms with Gasteiger partial charge in [-0.25, -0.2) is 9.97 Å². The molecule has 0 unspecified atom stereocenters. The highest BCUT2D eigenvalue weighted by atomic mass is 32.1. The van der Waals surface area contributed by atoms with Gasteiger partial charge < -0.3 is 9.47 Å². The molecular formula is C16H20N2O3S. The van der Waals surface area contributed by atoms with E-state index >= 15 is 0 Å². The average Bonchev–Trinajstić information content (AvgIpc) is 2.83. The summed E-state index contributed by atoms with van der Waals surface area (Å²) in [6.07, 6.45) is 0.179. The van der Waals surface area contributed by atoms with Gasteiger partial charge in [0.15, 0.2) is 5.78 Å². The van der Waals surface area contributed by atoms with Crippen molar-refractivity contribution in [1.82, 2.24) is 9.97 Å². The van der Waals surface area contributed by atoms with Gasteiger partial charge in [0.1, 0.15) is 22.6 Å². The predicted octanol–water partition coefficient (Wildman–Crippen LogP) is 2.99. The molecule has 2 heterocycles. The Bertz CT molecular complexity index is 655. The van der Waals surface area contributed by atoms with Gasteiger partial charge in [-0.2, -0.15) is 0 Å². The van der Waals surface area contributed by atoms with Crippen LogP contribution >= 0.6 is 11.3 Å². The van der Waals surface area contributed by atoms with E-state index in [1.165, 1.54) is 11.3 Å². The number of aryl methyl sites for hydroxylation is 2. The number of ether oxygens (including phenoxy) is 2. The van der Waals surface area contributed by atoms with Crippen LogP contribution in [0.25, 0.3) is 0 Å².